The molecule has 0 atom stereocenters. The third-order valence-corrected chi connectivity index (χ3v) is 2.75. The Morgan fingerprint density at radius 1 is 0.230 bits per heavy atom. The average Bonchev–Trinajstić information content (AvgIpc) is 2.89. The van der Waals surface area contributed by atoms with Gasteiger partial charge in [-0.05, 0) is 39.0 Å². The molecule has 0 aliphatic carbocycles. The van der Waals surface area contributed by atoms with Crippen molar-refractivity contribution in [2.45, 2.75) is 376 Å². The predicted octanol–water partition coefficient (Wildman–Crippen LogP) is 37.7. The SMILES string of the molecule is C.C.C.C.C.C.C.C.C.C.C.C.C.C.C.C.C.C.C.C.C.C.C.C.C.C.C.C.C.C.C.C.C.C.C.C.C.C.C.C=C.C=C/C=C/C=C/CC.C=C/C=C/CC.C=C/C=C/CCC.C=CC.C=CCC.C=CCCC. The van der Waals surface area contributed by atoms with Crippen LogP contribution in [0.2, 0.25) is 0 Å². The maximum absolute atomic E-state index is 3.55. The molecule has 0 nitrogen and oxygen atoms in total. The monoisotopic (exact) mass is 1110 g/mol. The minimum atomic E-state index is 0. The van der Waals surface area contributed by atoms with Crippen molar-refractivity contribution < 1.29 is 0 Å². The smallest absolute Gasteiger partial charge is 0.0350 e. The Morgan fingerprint density at radius 3 is 0.514 bits per heavy atom. The molecule has 0 aliphatic rings. The number of unbranched alkanes of at least 4 members (excludes halogenated alkanes) is 2. The van der Waals surface area contributed by atoms with Crippen LogP contribution in [-0.4, -0.2) is 0 Å². The lowest BCUT2D eigenvalue weighted by atomic mass is 10.3. The number of hydrogen-bond acceptors (Lipinski definition) is 0. The van der Waals surface area contributed by atoms with E-state index in [1.807, 2.05) is 49.5 Å². The van der Waals surface area contributed by atoms with Crippen LogP contribution in [0.1, 0.15) is 376 Å². The van der Waals surface area contributed by atoms with Crippen molar-refractivity contribution >= 4 is 0 Å². The molecule has 0 amide bonds. The van der Waals surface area contributed by atoms with E-state index in [-0.39, 0.29) is 290 Å². The van der Waals surface area contributed by atoms with Crippen LogP contribution in [-0.2, 0) is 0 Å². The summed E-state index contributed by atoms with van der Waals surface area (Å²) in [6.45, 7) is 39.4. The molecule has 0 radical (unpaired) electrons. The zero-order valence-electron chi connectivity index (χ0n) is 24.7. The van der Waals surface area contributed by atoms with Gasteiger partial charge in [0, 0.05) is 0 Å². The third-order valence-electron chi connectivity index (χ3n) is 2.75. The summed E-state index contributed by atoms with van der Waals surface area (Å²) in [5, 5.41) is 0. The van der Waals surface area contributed by atoms with Gasteiger partial charge in [0.1, 0.15) is 0 Å². The molecule has 0 saturated heterocycles. The maximum atomic E-state index is 3.55. The number of hydrogen-bond donors (Lipinski definition) is 0. The van der Waals surface area contributed by atoms with E-state index < -0.39 is 0 Å². The molecule has 0 bridgehead atoms. The van der Waals surface area contributed by atoms with Crippen LogP contribution in [0.15, 0.2) is 138 Å². The minimum Gasteiger partial charge on any atom is -0.106 e. The summed E-state index contributed by atoms with van der Waals surface area (Å²) in [6, 6.07) is 0. The predicted molar refractivity (Wildman–Crippen MR) is 438 cm³/mol. The Hall–Kier alpha value is -2.86. The normalized spacial score (nSPS) is 3.97. The zero-order valence-corrected chi connectivity index (χ0v) is 24.7. The van der Waals surface area contributed by atoms with Crippen LogP contribution in [0, 0.1) is 0 Å². The van der Waals surface area contributed by atoms with Crippen molar-refractivity contribution in [3.63, 3.8) is 0 Å². The Labute approximate surface area is 511 Å². The molecule has 0 N–H and O–H groups in total. The van der Waals surface area contributed by atoms with Gasteiger partial charge in [0.15, 0.2) is 0 Å². The summed E-state index contributed by atoms with van der Waals surface area (Å²) in [6.07, 6.45) is 35.1. The first-order chi connectivity index (χ1) is 17.0. The van der Waals surface area contributed by atoms with E-state index >= 15 is 0 Å². The average molecular weight is 1110 g/mol. The van der Waals surface area contributed by atoms with Crippen LogP contribution in [0.5, 0.6) is 0 Å². The summed E-state index contributed by atoms with van der Waals surface area (Å²) >= 11 is 0. The van der Waals surface area contributed by atoms with E-state index in [4.69, 9.17) is 0 Å². The molecule has 0 saturated carbocycles. The molecule has 0 heterocycles. The van der Waals surface area contributed by atoms with E-state index in [9.17, 15) is 0 Å². The van der Waals surface area contributed by atoms with Gasteiger partial charge in [0.25, 0.3) is 0 Å². The summed E-state index contributed by atoms with van der Waals surface area (Å²) in [5.41, 5.74) is 0. The second-order valence-corrected chi connectivity index (χ2v) is 6.16. The fourth-order valence-corrected chi connectivity index (χ4v) is 1.15. The Morgan fingerprint density at radius 2 is 0.405 bits per heavy atom. The fraction of sp³-hybridized carbons (Fsp3) is 0.703. The summed E-state index contributed by atoms with van der Waals surface area (Å²) < 4.78 is 0. The molecule has 0 heteroatoms. The van der Waals surface area contributed by atoms with Crippen LogP contribution in [0.4, 0.5) is 0 Å². The standard InChI is InChI=1S/C8H12.C7H12.C6H10.C5H10.C4H8.C3H6.C2H4.39CH4/c1-3-5-7-8-6-4-2;1-3-5-7-6-4-2;1-3-5-6-4-2;1-3-5-4-2;1-3-4-2;1-3-2;1-2;;;;;;;;;;;;;;;;;;;;;;;;;;;;;;;;;;;;;;;/h3,5-8H,1,4H2,2H3;3,5,7H,1,4,6H2,2H3;3,5-6H,1,4H2,2H3;3H,1,4-5H2,2H3;3H,1,4H2,2H3;3H,1H2,2H3;1-2H2;39*1H4/b7-5+,8-6+;7-5+;6-5+;;;;;;;;;;;;;;;;;;;;;;;;;;;;;;;;;;;;;;;;;;;. The van der Waals surface area contributed by atoms with E-state index in [2.05, 4.69) is 105 Å². The summed E-state index contributed by atoms with van der Waals surface area (Å²) in [5.74, 6) is 0. The molecule has 0 spiro atoms. The van der Waals surface area contributed by atoms with Gasteiger partial charge in [-0.3, -0.25) is 0 Å². The van der Waals surface area contributed by atoms with Crippen molar-refractivity contribution in [2.75, 3.05) is 0 Å². The fourth-order valence-electron chi connectivity index (χ4n) is 1.15. The maximum Gasteiger partial charge on any atom is -0.0350 e. The second kappa shape index (κ2) is 1020. The quantitative estimate of drug-likeness (QED) is 0.143. The molecule has 0 aromatic heterocycles. The first-order valence-corrected chi connectivity index (χ1v) is 12.8. The van der Waals surface area contributed by atoms with Gasteiger partial charge in [-0.1, -0.05) is 442 Å². The van der Waals surface area contributed by atoms with Crippen LogP contribution < -0.4 is 0 Å². The van der Waals surface area contributed by atoms with Gasteiger partial charge in [0.05, 0.1) is 0 Å². The minimum absolute atomic E-state index is 0. The highest BCUT2D eigenvalue weighted by atomic mass is 13.7. The number of allylic oxidation sites excluding steroid dienone is 14. The van der Waals surface area contributed by atoms with Gasteiger partial charge < -0.3 is 0 Å². The first-order valence-electron chi connectivity index (χ1n) is 12.8. The highest BCUT2D eigenvalue weighted by molar-refractivity contribution is 5.08. The molecular formula is C74H218. The molecule has 0 rings (SSSR count). The van der Waals surface area contributed by atoms with Crippen molar-refractivity contribution in [2.24, 2.45) is 0 Å². The largest absolute Gasteiger partial charge is 0.106 e. The van der Waals surface area contributed by atoms with Gasteiger partial charge in [0.2, 0.25) is 0 Å². The van der Waals surface area contributed by atoms with Crippen LogP contribution in [0.3, 0.4) is 0 Å². The van der Waals surface area contributed by atoms with Crippen molar-refractivity contribution in [3.8, 4) is 0 Å². The Bertz CT molecular complexity index is 480. The summed E-state index contributed by atoms with van der Waals surface area (Å²) in [4.78, 5) is 0. The second-order valence-electron chi connectivity index (χ2n) is 6.16. The van der Waals surface area contributed by atoms with Crippen LogP contribution >= 0.6 is 0 Å². The van der Waals surface area contributed by atoms with Gasteiger partial charge in [-0.25, -0.2) is 0 Å². The molecule has 514 valence electrons. The van der Waals surface area contributed by atoms with Crippen molar-refractivity contribution in [1.29, 1.82) is 0 Å². The molecular weight excluding hydrogens is 889 g/mol. The van der Waals surface area contributed by atoms with Crippen molar-refractivity contribution in [3.05, 3.63) is 138 Å². The van der Waals surface area contributed by atoms with E-state index in [0.29, 0.717) is 0 Å². The molecule has 0 aliphatic heterocycles. The molecule has 0 fully saturated rings. The zero-order chi connectivity index (χ0) is 28.8. The number of rotatable bonds is 11. The Kier molecular flexibility index (Phi) is 7620. The van der Waals surface area contributed by atoms with Crippen LogP contribution in [0.25, 0.3) is 0 Å². The lowest BCUT2D eigenvalue weighted by molar-refractivity contribution is 0.959. The topological polar surface area (TPSA) is 0 Å². The van der Waals surface area contributed by atoms with Gasteiger partial charge in [-0.2, -0.15) is 0 Å². The van der Waals surface area contributed by atoms with Gasteiger partial charge >= 0.3 is 0 Å². The highest BCUT2D eigenvalue weighted by Crippen LogP contribution is 1.86. The Balaban J connectivity index is -0.00000000262. The molecule has 0 aromatic carbocycles. The van der Waals surface area contributed by atoms with Crippen molar-refractivity contribution in [1.82, 2.24) is 0 Å². The van der Waals surface area contributed by atoms with Gasteiger partial charge in [-0.15, -0.1) is 32.9 Å². The molecule has 74 heavy (non-hydrogen) atoms. The first kappa shape index (κ1) is 554. The lowest BCUT2D eigenvalue weighted by Crippen LogP contribution is -1.56. The highest BCUT2D eigenvalue weighted by Gasteiger charge is 1.66. The van der Waals surface area contributed by atoms with E-state index in [0.717, 1.165) is 25.7 Å². The lowest BCUT2D eigenvalue weighted by Gasteiger charge is -1.77. The van der Waals surface area contributed by atoms with E-state index in [1.165, 1.54) is 19.3 Å². The van der Waals surface area contributed by atoms with E-state index in [1.54, 1.807) is 24.3 Å². The molecule has 0 aromatic rings. The molecule has 0 unspecified atom stereocenters. The third kappa shape index (κ3) is 2180. The summed E-state index contributed by atoms with van der Waals surface area (Å²) in [7, 11) is 0.